The van der Waals surface area contributed by atoms with Crippen LogP contribution in [0.4, 0.5) is 10.3 Å². The lowest BCUT2D eigenvalue weighted by Crippen LogP contribution is -2.56. The summed E-state index contributed by atoms with van der Waals surface area (Å²) in [7, 11) is 0. The average molecular weight is 737 g/mol. The van der Waals surface area contributed by atoms with Crippen LogP contribution in [0, 0.1) is 16.7 Å². The summed E-state index contributed by atoms with van der Waals surface area (Å²) >= 11 is 2.86. The lowest BCUT2D eigenvalue weighted by Gasteiger charge is -2.59. The molecule has 0 radical (unpaired) electrons. The van der Waals surface area contributed by atoms with Crippen LogP contribution in [0.3, 0.4) is 0 Å². The van der Waals surface area contributed by atoms with E-state index in [1.807, 2.05) is 60.7 Å². The number of anilines is 2. The first-order valence-electron chi connectivity index (χ1n) is 18.2. The number of carboxylic acids is 1. The standard InChI is InChI=1S/C41H44N4O5S2/c1-40(2)23-25-17-19-41(40,3)34(22-25)50-31-14-6-5-13-30(31)49-21-9-16-33-35(37(47)48)43-39(52-33)45-20-18-26-10-8-11-27(28(26)24-45)36(46)44-38-42-29-12-4-7-15-32(29)51-38/h4-8,10-15,25,34H,9,16-24H2,1-3H3,(H,47,48)(H,42,44,46)/t25-,34?,41+/m0/s1. The van der Waals surface area contributed by atoms with Crippen molar-refractivity contribution in [2.24, 2.45) is 16.7 Å². The summed E-state index contributed by atoms with van der Waals surface area (Å²) in [6.45, 7) is 8.74. The Hall–Kier alpha value is -4.48. The van der Waals surface area contributed by atoms with Crippen molar-refractivity contribution >= 4 is 55.0 Å². The van der Waals surface area contributed by atoms with Crippen molar-refractivity contribution in [3.63, 3.8) is 0 Å². The molecule has 4 aliphatic rings. The van der Waals surface area contributed by atoms with Gasteiger partial charge in [0.2, 0.25) is 0 Å². The first-order chi connectivity index (χ1) is 25.1. The number of nitrogens with one attached hydrogen (secondary N) is 1. The molecule has 1 unspecified atom stereocenters. The molecule has 3 heterocycles. The lowest BCUT2D eigenvalue weighted by atomic mass is 9.48. The van der Waals surface area contributed by atoms with Crippen LogP contribution in [0.15, 0.2) is 66.7 Å². The molecule has 2 N–H and O–H groups in total. The number of aromatic nitrogens is 2. The molecule has 1 amide bonds. The molecule has 3 fully saturated rings. The van der Waals surface area contributed by atoms with Gasteiger partial charge in [0, 0.05) is 28.9 Å². The van der Waals surface area contributed by atoms with E-state index >= 15 is 0 Å². The van der Waals surface area contributed by atoms with E-state index in [0.717, 1.165) is 50.6 Å². The Labute approximate surface area is 312 Å². The van der Waals surface area contributed by atoms with Crippen LogP contribution in [0.5, 0.6) is 11.5 Å². The maximum absolute atomic E-state index is 13.5. The normalized spacial score (nSPS) is 21.9. The molecule has 9 rings (SSSR count). The highest BCUT2D eigenvalue weighted by Crippen LogP contribution is 2.61. The maximum atomic E-state index is 13.5. The topological polar surface area (TPSA) is 114 Å². The molecule has 52 heavy (non-hydrogen) atoms. The third kappa shape index (κ3) is 6.53. The van der Waals surface area contributed by atoms with E-state index in [0.29, 0.717) is 54.3 Å². The number of hydrogen-bond acceptors (Lipinski definition) is 9. The molecule has 3 saturated carbocycles. The Bertz CT molecular complexity index is 2110. The van der Waals surface area contributed by atoms with Gasteiger partial charge in [0.1, 0.15) is 6.10 Å². The predicted octanol–water partition coefficient (Wildman–Crippen LogP) is 9.26. The molecule has 1 aliphatic heterocycles. The first-order valence-corrected chi connectivity index (χ1v) is 19.9. The monoisotopic (exact) mass is 736 g/mol. The zero-order valence-electron chi connectivity index (χ0n) is 29.8. The molecule has 2 bridgehead atoms. The highest BCUT2D eigenvalue weighted by Gasteiger charge is 2.56. The fourth-order valence-electron chi connectivity index (χ4n) is 8.53. The van der Waals surface area contributed by atoms with Gasteiger partial charge in [-0.1, -0.05) is 68.5 Å². The summed E-state index contributed by atoms with van der Waals surface area (Å²) in [5, 5.41) is 14.3. The van der Waals surface area contributed by atoms with Crippen molar-refractivity contribution < 1.29 is 24.2 Å². The van der Waals surface area contributed by atoms with E-state index in [4.69, 9.17) is 9.47 Å². The second kappa shape index (κ2) is 13.8. The number of thiazole rings is 2. The maximum Gasteiger partial charge on any atom is 0.355 e. The highest BCUT2D eigenvalue weighted by molar-refractivity contribution is 7.22. The average Bonchev–Trinajstić information content (AvgIpc) is 3.75. The Morgan fingerprint density at radius 2 is 1.81 bits per heavy atom. The third-order valence-corrected chi connectivity index (χ3v) is 13.9. The summed E-state index contributed by atoms with van der Waals surface area (Å²) in [6.07, 6.45) is 6.85. The van der Waals surface area contributed by atoms with Crippen LogP contribution >= 0.6 is 22.7 Å². The van der Waals surface area contributed by atoms with Crippen molar-refractivity contribution in [2.45, 2.75) is 78.4 Å². The van der Waals surface area contributed by atoms with Crippen molar-refractivity contribution in [3.05, 3.63) is 94.0 Å². The minimum absolute atomic E-state index is 0.0830. The summed E-state index contributed by atoms with van der Waals surface area (Å²) in [5.41, 5.74) is 3.91. The second-order valence-electron chi connectivity index (χ2n) is 15.3. The van der Waals surface area contributed by atoms with Crippen molar-refractivity contribution in [2.75, 3.05) is 23.4 Å². The molecule has 11 heteroatoms. The van der Waals surface area contributed by atoms with Crippen LogP contribution in [-0.4, -0.2) is 46.2 Å². The van der Waals surface area contributed by atoms with Gasteiger partial charge in [-0.15, -0.1) is 11.3 Å². The number of carboxylic acid groups (broad SMARTS) is 1. The molecule has 3 aliphatic carbocycles. The molecule has 3 atom stereocenters. The number of aromatic carboxylic acids is 1. The molecular weight excluding hydrogens is 693 g/mol. The number of carbonyl (C=O) groups is 2. The number of benzene rings is 3. The molecule has 0 spiro atoms. The number of aryl methyl sites for hydroxylation is 1. The fraction of sp³-hybridized carbons (Fsp3) is 0.415. The van der Waals surface area contributed by atoms with Crippen LogP contribution in [0.2, 0.25) is 0 Å². The number of para-hydroxylation sites is 3. The molecule has 9 nitrogen and oxygen atoms in total. The van der Waals surface area contributed by atoms with Gasteiger partial charge < -0.3 is 19.5 Å². The van der Waals surface area contributed by atoms with E-state index in [1.165, 1.54) is 41.9 Å². The quantitative estimate of drug-likeness (QED) is 0.129. The molecule has 3 aromatic carbocycles. The van der Waals surface area contributed by atoms with Gasteiger partial charge in [0.05, 0.1) is 16.8 Å². The van der Waals surface area contributed by atoms with Crippen LogP contribution in [0.25, 0.3) is 10.2 Å². The van der Waals surface area contributed by atoms with E-state index in [1.54, 1.807) is 0 Å². The van der Waals surface area contributed by atoms with Crippen LogP contribution in [0.1, 0.15) is 89.7 Å². The number of carbonyl (C=O) groups excluding carboxylic acids is 1. The van der Waals surface area contributed by atoms with Gasteiger partial charge in [0.25, 0.3) is 5.91 Å². The molecule has 0 saturated heterocycles. The van der Waals surface area contributed by atoms with Crippen LogP contribution < -0.4 is 19.7 Å². The molecular formula is C41H44N4O5S2. The molecule has 5 aromatic rings. The zero-order valence-corrected chi connectivity index (χ0v) is 31.4. The second-order valence-corrected chi connectivity index (χ2v) is 17.4. The largest absolute Gasteiger partial charge is 0.490 e. The van der Waals surface area contributed by atoms with Gasteiger partial charge in [-0.25, -0.2) is 14.8 Å². The fourth-order valence-corrected chi connectivity index (χ4v) is 10.5. The van der Waals surface area contributed by atoms with Gasteiger partial charge >= 0.3 is 5.97 Å². The minimum Gasteiger partial charge on any atom is -0.490 e. The number of nitrogens with zero attached hydrogens (tertiary/aromatic N) is 3. The summed E-state index contributed by atoms with van der Waals surface area (Å²) in [5.74, 6) is 0.966. The molecule has 2 aromatic heterocycles. The van der Waals surface area contributed by atoms with Crippen molar-refractivity contribution in [3.8, 4) is 11.5 Å². The highest BCUT2D eigenvalue weighted by atomic mass is 32.1. The minimum atomic E-state index is -1.04. The zero-order chi connectivity index (χ0) is 36.0. The van der Waals surface area contributed by atoms with Crippen LogP contribution in [-0.2, 0) is 19.4 Å². The van der Waals surface area contributed by atoms with E-state index < -0.39 is 5.97 Å². The number of rotatable bonds is 11. The Morgan fingerprint density at radius 1 is 1.00 bits per heavy atom. The van der Waals surface area contributed by atoms with Gasteiger partial charge in [-0.05, 0) is 97.7 Å². The number of ether oxygens (including phenoxy) is 2. The van der Waals surface area contributed by atoms with Crippen molar-refractivity contribution in [1.82, 2.24) is 9.97 Å². The number of amides is 1. The Balaban J connectivity index is 0.923. The summed E-state index contributed by atoms with van der Waals surface area (Å²) in [6, 6.07) is 21.5. The van der Waals surface area contributed by atoms with Gasteiger partial charge in [-0.3, -0.25) is 10.1 Å². The van der Waals surface area contributed by atoms with Gasteiger partial charge in [0.15, 0.2) is 27.5 Å². The number of fused-ring (bicyclic) bond motifs is 5. The van der Waals surface area contributed by atoms with E-state index in [-0.39, 0.29) is 28.5 Å². The summed E-state index contributed by atoms with van der Waals surface area (Å²) < 4.78 is 14.0. The SMILES string of the molecule is CC1(C)C[C@H]2CC[C@]1(C)C(Oc1ccccc1OCCCc1sc(N3CCc4cccc(C(=O)Nc5nc6ccccc6s5)c4C3)nc1C(=O)O)C2. The van der Waals surface area contributed by atoms with E-state index in [9.17, 15) is 14.7 Å². The third-order valence-electron chi connectivity index (χ3n) is 11.8. The lowest BCUT2D eigenvalue weighted by molar-refractivity contribution is -0.135. The van der Waals surface area contributed by atoms with Crippen molar-refractivity contribution in [1.29, 1.82) is 0 Å². The Kier molecular flexibility index (Phi) is 9.19. The number of hydrogen-bond donors (Lipinski definition) is 2. The Morgan fingerprint density at radius 3 is 2.62 bits per heavy atom. The predicted molar refractivity (Wildman–Crippen MR) is 206 cm³/mol. The molecule has 270 valence electrons. The smallest absolute Gasteiger partial charge is 0.355 e. The first kappa shape index (κ1) is 34.6. The van der Waals surface area contributed by atoms with E-state index in [2.05, 4.69) is 47.0 Å². The summed E-state index contributed by atoms with van der Waals surface area (Å²) in [4.78, 5) is 37.8. The van der Waals surface area contributed by atoms with Gasteiger partial charge in [-0.2, -0.15) is 0 Å².